The third-order valence-electron chi connectivity index (χ3n) is 4.09. The lowest BCUT2D eigenvalue weighted by molar-refractivity contribution is -0.122. The van der Waals surface area contributed by atoms with Crippen molar-refractivity contribution in [1.29, 1.82) is 0 Å². The largest absolute Gasteiger partial charge is 0.480 e. The monoisotopic (exact) mass is 339 g/mol. The number of carbonyl (C=O) groups excluding carboxylic acids is 2. The highest BCUT2D eigenvalue weighted by molar-refractivity contribution is 6.30. The Balaban J connectivity index is 1.79. The van der Waals surface area contributed by atoms with Crippen LogP contribution in [0.3, 0.4) is 0 Å². The lowest BCUT2D eigenvalue weighted by Crippen LogP contribution is -2.48. The predicted octanol–water partition coefficient (Wildman–Crippen LogP) is 2.83. The number of hydrogen-bond acceptors (Lipinski definition) is 4. The van der Waals surface area contributed by atoms with Crippen LogP contribution in [-0.4, -0.2) is 29.6 Å². The van der Waals surface area contributed by atoms with Gasteiger partial charge in [-0.25, -0.2) is 9.78 Å². The van der Waals surface area contributed by atoms with E-state index >= 15 is 0 Å². The van der Waals surface area contributed by atoms with Crippen LogP contribution in [0.1, 0.15) is 38.2 Å². The fourth-order valence-corrected chi connectivity index (χ4v) is 2.98. The van der Waals surface area contributed by atoms with Crippen LogP contribution in [0.25, 0.3) is 0 Å². The van der Waals surface area contributed by atoms with E-state index in [1.807, 2.05) is 0 Å². The molecule has 2 N–H and O–H groups in total. The van der Waals surface area contributed by atoms with E-state index in [1.54, 1.807) is 19.2 Å². The minimum Gasteiger partial charge on any atom is -0.480 e. The summed E-state index contributed by atoms with van der Waals surface area (Å²) in [5, 5.41) is 5.33. The molecule has 0 spiro atoms. The van der Waals surface area contributed by atoms with Crippen LogP contribution in [-0.2, 0) is 4.79 Å². The average Bonchev–Trinajstić information content (AvgIpc) is 2.49. The summed E-state index contributed by atoms with van der Waals surface area (Å²) in [7, 11) is 0. The van der Waals surface area contributed by atoms with Gasteiger partial charge in [0.25, 0.3) is 5.91 Å². The number of carbonyl (C=O) groups is 2. The number of imide groups is 1. The molecule has 126 valence electrons. The van der Waals surface area contributed by atoms with E-state index < -0.39 is 11.9 Å². The fraction of sp³-hybridized carbons (Fsp3) is 0.562. The Morgan fingerprint density at radius 1 is 1.39 bits per heavy atom. The van der Waals surface area contributed by atoms with Gasteiger partial charge in [-0.3, -0.25) is 10.1 Å². The summed E-state index contributed by atoms with van der Waals surface area (Å²) >= 11 is 5.92. The Kier molecular flexibility index (Phi) is 6.21. The molecule has 6 nitrogen and oxygen atoms in total. The van der Waals surface area contributed by atoms with E-state index in [4.69, 9.17) is 16.3 Å². The Morgan fingerprint density at radius 2 is 2.13 bits per heavy atom. The number of amides is 3. The second-order valence-corrected chi connectivity index (χ2v) is 6.28. The first-order valence-electron chi connectivity index (χ1n) is 7.81. The third-order valence-corrected chi connectivity index (χ3v) is 4.36. The van der Waals surface area contributed by atoms with E-state index in [9.17, 15) is 9.59 Å². The first kappa shape index (κ1) is 17.5. The third kappa shape index (κ3) is 5.10. The van der Waals surface area contributed by atoms with Crippen LogP contribution in [0.5, 0.6) is 5.75 Å². The van der Waals surface area contributed by atoms with Gasteiger partial charge in [0.05, 0.1) is 0 Å². The molecule has 1 aromatic heterocycles. The lowest BCUT2D eigenvalue weighted by atomic mass is 9.86. The first-order valence-corrected chi connectivity index (χ1v) is 8.19. The number of nitrogens with one attached hydrogen (secondary N) is 2. The van der Waals surface area contributed by atoms with Crippen molar-refractivity contribution < 1.29 is 14.3 Å². The van der Waals surface area contributed by atoms with Crippen molar-refractivity contribution in [2.24, 2.45) is 5.92 Å². The van der Waals surface area contributed by atoms with E-state index in [0.717, 1.165) is 24.8 Å². The molecular formula is C16H22ClN3O3. The Labute approximate surface area is 140 Å². The molecule has 0 radical (unpaired) electrons. The van der Waals surface area contributed by atoms with E-state index in [2.05, 4.69) is 22.5 Å². The standard InChI is InChI=1S/C16H22ClN3O3/c1-10-5-3-4-6-12(10)19-16(22)20-13(21)9-23-14-11(2)7-8-18-15(14)17/h7-8,10,12H,3-6,9H2,1-2H3,(H2,19,20,21,22)/t10-,12+/m1/s1. The number of pyridine rings is 1. The maximum atomic E-state index is 11.9. The molecule has 0 saturated heterocycles. The summed E-state index contributed by atoms with van der Waals surface area (Å²) in [6, 6.07) is 1.37. The Morgan fingerprint density at radius 3 is 2.83 bits per heavy atom. The SMILES string of the molecule is Cc1ccnc(Cl)c1OCC(=O)NC(=O)N[C@H]1CCCC[C@H]1C. The van der Waals surface area contributed by atoms with Gasteiger partial charge < -0.3 is 10.1 Å². The summed E-state index contributed by atoms with van der Waals surface area (Å²) < 4.78 is 5.35. The van der Waals surface area contributed by atoms with Gasteiger partial charge in [0.2, 0.25) is 0 Å². The van der Waals surface area contributed by atoms with Gasteiger partial charge in [-0.2, -0.15) is 0 Å². The average molecular weight is 340 g/mol. The highest BCUT2D eigenvalue weighted by Gasteiger charge is 2.23. The van der Waals surface area contributed by atoms with E-state index in [-0.39, 0.29) is 17.8 Å². The van der Waals surface area contributed by atoms with Crippen LogP contribution in [0.15, 0.2) is 12.3 Å². The molecule has 1 fully saturated rings. The van der Waals surface area contributed by atoms with Crippen LogP contribution in [0, 0.1) is 12.8 Å². The lowest BCUT2D eigenvalue weighted by Gasteiger charge is -2.29. The molecule has 23 heavy (non-hydrogen) atoms. The van der Waals surface area contributed by atoms with Crippen molar-refractivity contribution in [3.05, 3.63) is 23.0 Å². The fourth-order valence-electron chi connectivity index (χ4n) is 2.72. The normalized spacial score (nSPS) is 20.7. The number of ether oxygens (including phenoxy) is 1. The van der Waals surface area contributed by atoms with Crippen molar-refractivity contribution in [3.8, 4) is 5.75 Å². The second kappa shape index (κ2) is 8.15. The molecule has 1 saturated carbocycles. The van der Waals surface area contributed by atoms with Crippen molar-refractivity contribution in [1.82, 2.24) is 15.6 Å². The zero-order valence-corrected chi connectivity index (χ0v) is 14.2. The van der Waals surface area contributed by atoms with Crippen molar-refractivity contribution >= 4 is 23.5 Å². The number of aromatic nitrogens is 1. The van der Waals surface area contributed by atoms with Gasteiger partial charge in [0.1, 0.15) is 0 Å². The molecule has 1 aliphatic rings. The summed E-state index contributed by atoms with van der Waals surface area (Å²) in [6.45, 7) is 3.63. The zero-order chi connectivity index (χ0) is 16.8. The minimum absolute atomic E-state index is 0.118. The quantitative estimate of drug-likeness (QED) is 0.826. The molecule has 1 heterocycles. The molecular weight excluding hydrogens is 318 g/mol. The number of aryl methyl sites for hydroxylation is 1. The highest BCUT2D eigenvalue weighted by atomic mass is 35.5. The maximum absolute atomic E-state index is 11.9. The van der Waals surface area contributed by atoms with Gasteiger partial charge in [-0.1, -0.05) is 31.4 Å². The smallest absolute Gasteiger partial charge is 0.321 e. The highest BCUT2D eigenvalue weighted by Crippen LogP contribution is 2.25. The number of urea groups is 1. The van der Waals surface area contributed by atoms with Crippen molar-refractivity contribution in [2.45, 2.75) is 45.6 Å². The number of hydrogen-bond donors (Lipinski definition) is 2. The molecule has 7 heteroatoms. The van der Waals surface area contributed by atoms with Crippen LogP contribution >= 0.6 is 11.6 Å². The molecule has 2 atom stereocenters. The van der Waals surface area contributed by atoms with Crippen LogP contribution in [0.4, 0.5) is 4.79 Å². The van der Waals surface area contributed by atoms with E-state index in [0.29, 0.717) is 11.7 Å². The van der Waals surface area contributed by atoms with Crippen molar-refractivity contribution in [3.63, 3.8) is 0 Å². The first-order chi connectivity index (χ1) is 11.0. The second-order valence-electron chi connectivity index (χ2n) is 5.93. The molecule has 0 aliphatic heterocycles. The minimum atomic E-state index is -0.523. The number of nitrogens with zero attached hydrogens (tertiary/aromatic N) is 1. The van der Waals surface area contributed by atoms with Crippen LogP contribution < -0.4 is 15.4 Å². The molecule has 3 amide bonds. The zero-order valence-electron chi connectivity index (χ0n) is 13.4. The van der Waals surface area contributed by atoms with Gasteiger partial charge in [-0.15, -0.1) is 0 Å². The van der Waals surface area contributed by atoms with E-state index in [1.165, 1.54) is 6.42 Å². The number of halogens is 1. The van der Waals surface area contributed by atoms with Gasteiger partial charge >= 0.3 is 6.03 Å². The van der Waals surface area contributed by atoms with Gasteiger partial charge in [0, 0.05) is 12.2 Å². The Hall–Kier alpha value is -1.82. The summed E-state index contributed by atoms with van der Waals surface area (Å²) in [6.07, 6.45) is 5.90. The Bertz CT molecular complexity index is 559. The molecule has 1 aliphatic carbocycles. The molecule has 0 aromatic carbocycles. The van der Waals surface area contributed by atoms with Crippen LogP contribution in [0.2, 0.25) is 5.15 Å². The molecule has 0 bridgehead atoms. The van der Waals surface area contributed by atoms with Gasteiger partial charge in [0.15, 0.2) is 17.5 Å². The molecule has 1 aromatic rings. The molecule has 0 unspecified atom stereocenters. The molecule has 2 rings (SSSR count). The summed E-state index contributed by atoms with van der Waals surface area (Å²) in [5.41, 5.74) is 0.776. The topological polar surface area (TPSA) is 80.3 Å². The summed E-state index contributed by atoms with van der Waals surface area (Å²) in [4.78, 5) is 27.6. The predicted molar refractivity (Wildman–Crippen MR) is 87.6 cm³/mol. The van der Waals surface area contributed by atoms with Crippen molar-refractivity contribution in [2.75, 3.05) is 6.61 Å². The van der Waals surface area contributed by atoms with Gasteiger partial charge in [-0.05, 0) is 37.3 Å². The maximum Gasteiger partial charge on any atom is 0.321 e. The number of rotatable bonds is 4. The summed E-state index contributed by atoms with van der Waals surface area (Å²) in [5.74, 6) is 0.258.